The van der Waals surface area contributed by atoms with Gasteiger partial charge in [0.2, 0.25) is 10.0 Å². The molecule has 0 aliphatic rings. The number of anilines is 1. The van der Waals surface area contributed by atoms with Gasteiger partial charge in [-0.2, -0.15) is 4.31 Å². The Morgan fingerprint density at radius 3 is 2.42 bits per heavy atom. The maximum atomic E-state index is 12.6. The second-order valence-corrected chi connectivity index (χ2v) is 7.84. The fraction of sp³-hybridized carbons (Fsp3) is 0.333. The molecule has 0 aliphatic carbocycles. The van der Waals surface area contributed by atoms with E-state index in [0.717, 1.165) is 10.0 Å². The van der Waals surface area contributed by atoms with E-state index < -0.39 is 10.0 Å². The van der Waals surface area contributed by atoms with E-state index >= 15 is 0 Å². The molecule has 1 aromatic carbocycles. The second kappa shape index (κ2) is 6.39. The number of rotatable bonds is 5. The molecule has 1 aromatic rings. The van der Waals surface area contributed by atoms with Gasteiger partial charge in [0.15, 0.2) is 0 Å². The van der Waals surface area contributed by atoms with Gasteiger partial charge in [0.05, 0.1) is 5.69 Å². The van der Waals surface area contributed by atoms with Crippen molar-refractivity contribution in [1.82, 2.24) is 4.31 Å². The van der Waals surface area contributed by atoms with Crippen LogP contribution in [0.1, 0.15) is 13.8 Å². The Morgan fingerprint density at radius 1 is 1.42 bits per heavy atom. The molecule has 4 nitrogen and oxygen atoms in total. The monoisotopic (exact) mass is 410 g/mol. The molecule has 0 fully saturated rings. The number of halogens is 2. The molecule has 7 heteroatoms. The van der Waals surface area contributed by atoms with Crippen molar-refractivity contribution in [3.05, 3.63) is 33.2 Å². The summed E-state index contributed by atoms with van der Waals surface area (Å²) in [5, 5.41) is 0. The molecule has 0 heterocycles. The lowest BCUT2D eigenvalue weighted by molar-refractivity contribution is 0.453. The number of hydrogen-bond donors (Lipinski definition) is 1. The zero-order valence-electron chi connectivity index (χ0n) is 10.8. The van der Waals surface area contributed by atoms with Crippen molar-refractivity contribution < 1.29 is 8.42 Å². The molecule has 0 radical (unpaired) electrons. The lowest BCUT2D eigenvalue weighted by atomic mass is 10.3. The van der Waals surface area contributed by atoms with Crippen LogP contribution in [-0.4, -0.2) is 25.8 Å². The minimum absolute atomic E-state index is 0.0961. The van der Waals surface area contributed by atoms with E-state index in [2.05, 4.69) is 38.4 Å². The summed E-state index contributed by atoms with van der Waals surface area (Å²) in [5.74, 6) is 0. The maximum Gasteiger partial charge on any atom is 0.246 e. The Morgan fingerprint density at radius 2 is 2.00 bits per heavy atom. The van der Waals surface area contributed by atoms with Gasteiger partial charge in [-0.3, -0.25) is 0 Å². The van der Waals surface area contributed by atoms with E-state index in [9.17, 15) is 8.42 Å². The summed E-state index contributed by atoms with van der Waals surface area (Å²) < 4.78 is 27.7. The number of hydrogen-bond acceptors (Lipinski definition) is 3. The van der Waals surface area contributed by atoms with Gasteiger partial charge < -0.3 is 5.73 Å². The molecule has 0 saturated carbocycles. The van der Waals surface area contributed by atoms with E-state index in [1.165, 1.54) is 4.31 Å². The average molecular weight is 412 g/mol. The van der Waals surface area contributed by atoms with Crippen LogP contribution in [0, 0.1) is 0 Å². The first-order chi connectivity index (χ1) is 8.70. The molecule has 0 aromatic heterocycles. The van der Waals surface area contributed by atoms with Gasteiger partial charge in [-0.1, -0.05) is 35.0 Å². The van der Waals surface area contributed by atoms with Gasteiger partial charge in [-0.15, -0.1) is 0 Å². The number of benzene rings is 1. The Kier molecular flexibility index (Phi) is 5.61. The van der Waals surface area contributed by atoms with Crippen LogP contribution in [0.3, 0.4) is 0 Å². The van der Waals surface area contributed by atoms with E-state index in [1.807, 2.05) is 0 Å². The van der Waals surface area contributed by atoms with Crippen LogP contribution >= 0.6 is 31.9 Å². The zero-order valence-corrected chi connectivity index (χ0v) is 14.8. The topological polar surface area (TPSA) is 63.4 Å². The molecule has 19 heavy (non-hydrogen) atoms. The first-order valence-corrected chi connectivity index (χ1v) is 8.61. The van der Waals surface area contributed by atoms with E-state index in [0.29, 0.717) is 11.0 Å². The van der Waals surface area contributed by atoms with Gasteiger partial charge in [0.1, 0.15) is 4.90 Å². The van der Waals surface area contributed by atoms with Gasteiger partial charge >= 0.3 is 0 Å². The molecular weight excluding hydrogens is 396 g/mol. The second-order valence-electron chi connectivity index (χ2n) is 4.19. The molecule has 0 unspecified atom stereocenters. The lowest BCUT2D eigenvalue weighted by Crippen LogP contribution is -2.33. The largest absolute Gasteiger partial charge is 0.398 e. The minimum Gasteiger partial charge on any atom is -0.398 e. The fourth-order valence-electron chi connectivity index (χ4n) is 1.65. The van der Waals surface area contributed by atoms with Gasteiger partial charge in [0, 0.05) is 22.0 Å². The molecular formula is C12H16Br2N2O2S. The smallest absolute Gasteiger partial charge is 0.246 e. The van der Waals surface area contributed by atoms with E-state index in [4.69, 9.17) is 5.73 Å². The summed E-state index contributed by atoms with van der Waals surface area (Å²) in [5.41, 5.74) is 6.83. The first kappa shape index (κ1) is 16.7. The summed E-state index contributed by atoms with van der Waals surface area (Å²) in [6.45, 7) is 7.96. The Hall–Kier alpha value is -0.370. The molecule has 106 valence electrons. The highest BCUT2D eigenvalue weighted by molar-refractivity contribution is 9.11. The third kappa shape index (κ3) is 3.81. The SMILES string of the molecule is C=C(C)CN(CC)S(=O)(=O)c1c(N)cc(Br)cc1Br. The Balaban J connectivity index is 3.38. The quantitative estimate of drug-likeness (QED) is 0.596. The van der Waals surface area contributed by atoms with Gasteiger partial charge in [-0.25, -0.2) is 8.42 Å². The molecule has 0 atom stereocenters. The highest BCUT2D eigenvalue weighted by Gasteiger charge is 2.27. The van der Waals surface area contributed by atoms with E-state index in [-0.39, 0.29) is 17.1 Å². The Labute approximate surface area is 131 Å². The molecule has 0 amide bonds. The van der Waals surface area contributed by atoms with Gasteiger partial charge in [0.25, 0.3) is 0 Å². The maximum absolute atomic E-state index is 12.6. The highest BCUT2D eigenvalue weighted by Crippen LogP contribution is 2.33. The van der Waals surface area contributed by atoms with Crippen molar-refractivity contribution in [3.8, 4) is 0 Å². The highest BCUT2D eigenvalue weighted by atomic mass is 79.9. The van der Waals surface area contributed by atoms with Crippen molar-refractivity contribution in [2.75, 3.05) is 18.8 Å². The van der Waals surface area contributed by atoms with Crippen LogP contribution in [-0.2, 0) is 10.0 Å². The summed E-state index contributed by atoms with van der Waals surface area (Å²) in [7, 11) is -3.64. The fourth-order valence-corrected chi connectivity index (χ4v) is 5.17. The zero-order chi connectivity index (χ0) is 14.8. The summed E-state index contributed by atoms with van der Waals surface area (Å²) in [6, 6.07) is 3.24. The molecule has 2 N–H and O–H groups in total. The Bertz CT molecular complexity index is 577. The normalized spacial score (nSPS) is 11.8. The molecule has 0 saturated heterocycles. The molecule has 0 spiro atoms. The summed E-state index contributed by atoms with van der Waals surface area (Å²) in [4.78, 5) is 0.0961. The van der Waals surface area contributed by atoms with Crippen LogP contribution in [0.15, 0.2) is 38.1 Å². The van der Waals surface area contributed by atoms with E-state index in [1.54, 1.807) is 26.0 Å². The summed E-state index contributed by atoms with van der Waals surface area (Å²) >= 11 is 6.53. The first-order valence-electron chi connectivity index (χ1n) is 5.59. The van der Waals surface area contributed by atoms with Crippen LogP contribution in [0.4, 0.5) is 5.69 Å². The number of nitrogen functional groups attached to an aromatic ring is 1. The number of nitrogens with two attached hydrogens (primary N) is 1. The summed E-state index contributed by atoms with van der Waals surface area (Å²) in [6.07, 6.45) is 0. The predicted molar refractivity (Wildman–Crippen MR) is 85.5 cm³/mol. The van der Waals surface area contributed by atoms with Crippen molar-refractivity contribution in [1.29, 1.82) is 0 Å². The average Bonchev–Trinajstić information content (AvgIpc) is 2.23. The van der Waals surface area contributed by atoms with Crippen molar-refractivity contribution in [3.63, 3.8) is 0 Å². The van der Waals surface area contributed by atoms with Crippen LogP contribution in [0.5, 0.6) is 0 Å². The van der Waals surface area contributed by atoms with Crippen LogP contribution in [0.2, 0.25) is 0 Å². The molecule has 1 rings (SSSR count). The van der Waals surface area contributed by atoms with Crippen molar-refractivity contribution in [2.45, 2.75) is 18.7 Å². The number of likely N-dealkylation sites (N-methyl/N-ethyl adjacent to an activating group) is 1. The lowest BCUT2D eigenvalue weighted by Gasteiger charge is -2.22. The third-order valence-electron chi connectivity index (χ3n) is 2.43. The molecule has 0 aliphatic heterocycles. The number of nitrogens with zero attached hydrogens (tertiary/aromatic N) is 1. The molecule has 0 bridgehead atoms. The van der Waals surface area contributed by atoms with Crippen LogP contribution < -0.4 is 5.73 Å². The van der Waals surface area contributed by atoms with Crippen molar-refractivity contribution >= 4 is 47.6 Å². The number of sulfonamides is 1. The predicted octanol–water partition coefficient (Wildman–Crippen LogP) is 3.38. The van der Waals surface area contributed by atoms with Crippen LogP contribution in [0.25, 0.3) is 0 Å². The van der Waals surface area contributed by atoms with Gasteiger partial charge in [-0.05, 0) is 35.0 Å². The third-order valence-corrected chi connectivity index (χ3v) is 5.82. The van der Waals surface area contributed by atoms with Crippen molar-refractivity contribution in [2.24, 2.45) is 0 Å². The standard InChI is InChI=1S/C12H16Br2N2O2S/c1-4-16(7-8(2)3)19(17,18)12-10(14)5-9(13)6-11(12)15/h5-6H,2,4,7,15H2,1,3H3. The minimum atomic E-state index is -3.64.